The van der Waals surface area contributed by atoms with Crippen LogP contribution in [0.15, 0.2) is 54.7 Å². The van der Waals surface area contributed by atoms with Crippen molar-refractivity contribution in [1.29, 1.82) is 0 Å². The third kappa shape index (κ3) is 4.58. The largest absolute Gasteiger partial charge is 0.497 e. The predicted octanol–water partition coefficient (Wildman–Crippen LogP) is 3.86. The maximum atomic E-state index is 5.41. The molecule has 2 N–H and O–H groups in total. The number of aromatic nitrogens is 2. The van der Waals surface area contributed by atoms with Crippen LogP contribution in [0.25, 0.3) is 0 Å². The fourth-order valence-corrected chi connectivity index (χ4v) is 2.58. The van der Waals surface area contributed by atoms with E-state index in [9.17, 15) is 0 Å². The van der Waals surface area contributed by atoms with E-state index >= 15 is 0 Å². The topological polar surface area (TPSA) is 77.5 Å². The van der Waals surface area contributed by atoms with Crippen LogP contribution in [-0.2, 0) is 6.54 Å². The predicted molar refractivity (Wildman–Crippen MR) is 105 cm³/mol. The van der Waals surface area contributed by atoms with Gasteiger partial charge in [-0.3, -0.25) is 0 Å². The second-order valence-electron chi connectivity index (χ2n) is 5.62. The number of para-hydroxylation sites is 1. The van der Waals surface area contributed by atoms with Crippen molar-refractivity contribution in [2.45, 2.75) is 6.54 Å². The number of anilines is 3. The number of rotatable bonds is 8. The van der Waals surface area contributed by atoms with E-state index in [1.807, 2.05) is 42.5 Å². The minimum atomic E-state index is 0.512. The maximum Gasteiger partial charge on any atom is 0.224 e. The molecular weight excluding hydrogens is 344 g/mol. The van der Waals surface area contributed by atoms with Crippen LogP contribution in [0.1, 0.15) is 5.56 Å². The standard InChI is InChI=1S/C20H22N4O3/c1-25-15-8-9-16(18(12-15)27-3)23-19-10-11-21-20(24-19)22-13-14-6-4-5-7-17(14)26-2/h4-12H,13H2,1-3H3,(H2,21,22,23,24). The fraction of sp³-hybridized carbons (Fsp3) is 0.200. The summed E-state index contributed by atoms with van der Waals surface area (Å²) < 4.78 is 16.0. The van der Waals surface area contributed by atoms with Gasteiger partial charge in [-0.25, -0.2) is 4.98 Å². The van der Waals surface area contributed by atoms with E-state index in [1.54, 1.807) is 33.6 Å². The maximum absolute atomic E-state index is 5.41. The highest BCUT2D eigenvalue weighted by Gasteiger charge is 2.08. The molecule has 1 aromatic heterocycles. The number of benzene rings is 2. The Morgan fingerprint density at radius 3 is 2.48 bits per heavy atom. The van der Waals surface area contributed by atoms with E-state index < -0.39 is 0 Å². The molecule has 0 spiro atoms. The molecule has 1 heterocycles. The quantitative estimate of drug-likeness (QED) is 0.627. The molecule has 0 saturated heterocycles. The molecule has 3 rings (SSSR count). The van der Waals surface area contributed by atoms with Gasteiger partial charge < -0.3 is 24.8 Å². The van der Waals surface area contributed by atoms with Crippen LogP contribution in [0.2, 0.25) is 0 Å². The summed E-state index contributed by atoms with van der Waals surface area (Å²) >= 11 is 0. The lowest BCUT2D eigenvalue weighted by atomic mass is 10.2. The number of hydrogen-bond donors (Lipinski definition) is 2. The summed E-state index contributed by atoms with van der Waals surface area (Å²) in [4.78, 5) is 8.76. The summed E-state index contributed by atoms with van der Waals surface area (Å²) in [6, 6.07) is 15.2. The van der Waals surface area contributed by atoms with Crippen molar-refractivity contribution in [3.05, 3.63) is 60.3 Å². The smallest absolute Gasteiger partial charge is 0.224 e. The lowest BCUT2D eigenvalue weighted by Gasteiger charge is -2.13. The number of methoxy groups -OCH3 is 3. The van der Waals surface area contributed by atoms with Crippen molar-refractivity contribution >= 4 is 17.5 Å². The van der Waals surface area contributed by atoms with E-state index in [2.05, 4.69) is 20.6 Å². The molecule has 2 aromatic carbocycles. The summed E-state index contributed by atoms with van der Waals surface area (Å²) in [6.45, 7) is 0.555. The second-order valence-corrected chi connectivity index (χ2v) is 5.62. The molecule has 0 aliphatic heterocycles. The molecule has 0 unspecified atom stereocenters. The average molecular weight is 366 g/mol. The van der Waals surface area contributed by atoms with Gasteiger partial charge in [-0.2, -0.15) is 4.98 Å². The van der Waals surface area contributed by atoms with Gasteiger partial charge in [0, 0.05) is 24.4 Å². The monoisotopic (exact) mass is 366 g/mol. The Balaban J connectivity index is 1.72. The number of nitrogens with one attached hydrogen (secondary N) is 2. The number of hydrogen-bond acceptors (Lipinski definition) is 7. The fourth-order valence-electron chi connectivity index (χ4n) is 2.58. The van der Waals surface area contributed by atoms with E-state index in [1.165, 1.54) is 0 Å². The highest BCUT2D eigenvalue weighted by atomic mass is 16.5. The van der Waals surface area contributed by atoms with Crippen LogP contribution in [0.3, 0.4) is 0 Å². The summed E-state index contributed by atoms with van der Waals surface area (Å²) in [6.07, 6.45) is 1.69. The van der Waals surface area contributed by atoms with Gasteiger partial charge in [0.25, 0.3) is 0 Å². The zero-order valence-electron chi connectivity index (χ0n) is 15.5. The zero-order chi connectivity index (χ0) is 19.1. The molecular formula is C20H22N4O3. The van der Waals surface area contributed by atoms with Gasteiger partial charge in [0.2, 0.25) is 5.95 Å². The molecule has 7 heteroatoms. The highest BCUT2D eigenvalue weighted by Crippen LogP contribution is 2.31. The van der Waals surface area contributed by atoms with Crippen molar-refractivity contribution in [2.24, 2.45) is 0 Å². The van der Waals surface area contributed by atoms with Crippen molar-refractivity contribution < 1.29 is 14.2 Å². The van der Waals surface area contributed by atoms with Gasteiger partial charge in [0.15, 0.2) is 0 Å². The third-order valence-electron chi connectivity index (χ3n) is 3.96. The van der Waals surface area contributed by atoms with Gasteiger partial charge in [0.1, 0.15) is 23.1 Å². The van der Waals surface area contributed by atoms with Gasteiger partial charge >= 0.3 is 0 Å². The third-order valence-corrected chi connectivity index (χ3v) is 3.96. The Morgan fingerprint density at radius 2 is 1.70 bits per heavy atom. The van der Waals surface area contributed by atoms with E-state index in [0.717, 1.165) is 22.7 Å². The Labute approximate surface area is 158 Å². The van der Waals surface area contributed by atoms with Gasteiger partial charge in [-0.1, -0.05) is 18.2 Å². The zero-order valence-corrected chi connectivity index (χ0v) is 15.5. The summed E-state index contributed by atoms with van der Waals surface area (Å²) in [7, 11) is 4.88. The SMILES string of the molecule is COc1ccc(Nc2ccnc(NCc3ccccc3OC)n2)c(OC)c1. The van der Waals surface area contributed by atoms with Gasteiger partial charge in [-0.15, -0.1) is 0 Å². The van der Waals surface area contributed by atoms with E-state index in [0.29, 0.717) is 24.1 Å². The molecule has 0 bridgehead atoms. The summed E-state index contributed by atoms with van der Waals surface area (Å²) in [5.41, 5.74) is 1.81. The van der Waals surface area contributed by atoms with Gasteiger partial charge in [-0.05, 0) is 24.3 Å². The van der Waals surface area contributed by atoms with Gasteiger partial charge in [0.05, 0.1) is 27.0 Å². The second kappa shape index (κ2) is 8.75. The van der Waals surface area contributed by atoms with Crippen molar-refractivity contribution in [2.75, 3.05) is 32.0 Å². The average Bonchev–Trinajstić information content (AvgIpc) is 2.73. The molecule has 140 valence electrons. The van der Waals surface area contributed by atoms with Crippen LogP contribution in [0.5, 0.6) is 17.2 Å². The van der Waals surface area contributed by atoms with Crippen LogP contribution in [0, 0.1) is 0 Å². The lowest BCUT2D eigenvalue weighted by molar-refractivity contribution is 0.395. The summed E-state index contributed by atoms with van der Waals surface area (Å²) in [5.74, 6) is 3.37. The minimum Gasteiger partial charge on any atom is -0.497 e. The molecule has 0 saturated carbocycles. The van der Waals surface area contributed by atoms with Crippen LogP contribution >= 0.6 is 0 Å². The molecule has 0 atom stereocenters. The molecule has 0 fully saturated rings. The molecule has 3 aromatic rings. The van der Waals surface area contributed by atoms with Crippen molar-refractivity contribution in [1.82, 2.24) is 9.97 Å². The van der Waals surface area contributed by atoms with Crippen LogP contribution < -0.4 is 24.8 Å². The highest BCUT2D eigenvalue weighted by molar-refractivity contribution is 5.66. The first-order valence-electron chi connectivity index (χ1n) is 8.41. The molecule has 0 radical (unpaired) electrons. The van der Waals surface area contributed by atoms with Crippen molar-refractivity contribution in [3.63, 3.8) is 0 Å². The molecule has 0 aliphatic rings. The molecule has 7 nitrogen and oxygen atoms in total. The van der Waals surface area contributed by atoms with E-state index in [4.69, 9.17) is 14.2 Å². The first-order chi connectivity index (χ1) is 13.2. The molecule has 0 amide bonds. The Morgan fingerprint density at radius 1 is 0.889 bits per heavy atom. The van der Waals surface area contributed by atoms with Crippen LogP contribution in [-0.4, -0.2) is 31.3 Å². The molecule has 0 aliphatic carbocycles. The Kier molecular flexibility index (Phi) is 5.94. The lowest BCUT2D eigenvalue weighted by Crippen LogP contribution is -2.06. The number of ether oxygens (including phenoxy) is 3. The normalized spacial score (nSPS) is 10.2. The minimum absolute atomic E-state index is 0.512. The van der Waals surface area contributed by atoms with E-state index in [-0.39, 0.29) is 0 Å². The Hall–Kier alpha value is -3.48. The number of nitrogens with zero attached hydrogens (tertiary/aromatic N) is 2. The first-order valence-corrected chi connectivity index (χ1v) is 8.41. The first kappa shape index (κ1) is 18.3. The van der Waals surface area contributed by atoms with Crippen molar-refractivity contribution in [3.8, 4) is 17.2 Å². The molecule has 27 heavy (non-hydrogen) atoms. The van der Waals surface area contributed by atoms with Crippen LogP contribution in [0.4, 0.5) is 17.5 Å². The summed E-state index contributed by atoms with van der Waals surface area (Å²) in [5, 5.41) is 6.45. The Bertz CT molecular complexity index is 902.